The molecular formula is C104H94N4O13. The Hall–Kier alpha value is -15.2. The first kappa shape index (κ1) is 86.6. The number of phenols is 2. The fourth-order valence-corrected chi connectivity index (χ4v) is 12.8. The molecule has 14 aromatic carbocycles. The zero-order valence-corrected chi connectivity index (χ0v) is 68.8. The number of benzene rings is 14. The zero-order chi connectivity index (χ0) is 86.5. The van der Waals surface area contributed by atoms with Crippen LogP contribution in [0.5, 0.6) is 11.5 Å². The van der Waals surface area contributed by atoms with E-state index < -0.39 is 52.5 Å². The van der Waals surface area contributed by atoms with Crippen molar-refractivity contribution in [2.24, 2.45) is 0 Å². The van der Waals surface area contributed by atoms with Crippen LogP contribution < -0.4 is 21.7 Å². The van der Waals surface area contributed by atoms with Crippen LogP contribution >= 0.6 is 0 Å². The van der Waals surface area contributed by atoms with Crippen molar-refractivity contribution in [2.45, 2.75) is 86.0 Å². The molecule has 17 heteroatoms. The molecule has 121 heavy (non-hydrogen) atoms. The summed E-state index contributed by atoms with van der Waals surface area (Å²) >= 11 is 0. The first-order valence-electron chi connectivity index (χ1n) is 39.2. The monoisotopic (exact) mass is 1610 g/mol. The molecule has 14 rings (SSSR count). The summed E-state index contributed by atoms with van der Waals surface area (Å²) in [5, 5.41) is 39.0. The summed E-state index contributed by atoms with van der Waals surface area (Å²) in [5.41, 5.74) is 20.8. The van der Waals surface area contributed by atoms with Crippen LogP contribution in [0.3, 0.4) is 0 Å². The summed E-state index contributed by atoms with van der Waals surface area (Å²) in [6.45, 7) is 18.2. The van der Waals surface area contributed by atoms with E-state index in [4.69, 9.17) is 19.9 Å². The Morgan fingerprint density at radius 3 is 0.727 bits per heavy atom. The molecule has 0 aliphatic heterocycles. The van der Waals surface area contributed by atoms with Gasteiger partial charge >= 0.3 is 23.9 Å². The van der Waals surface area contributed by atoms with Crippen molar-refractivity contribution in [2.75, 3.05) is 21.7 Å². The quantitative estimate of drug-likeness (QED) is 0.0254. The molecule has 0 spiro atoms. The van der Waals surface area contributed by atoms with Crippen molar-refractivity contribution in [1.29, 1.82) is 0 Å². The van der Waals surface area contributed by atoms with Gasteiger partial charge in [0.2, 0.25) is 0 Å². The van der Waals surface area contributed by atoms with Crippen molar-refractivity contribution in [3.63, 3.8) is 0 Å². The average Bonchev–Trinajstić information content (AvgIpc) is 0.817. The van der Waals surface area contributed by atoms with Crippen LogP contribution in [0.15, 0.2) is 340 Å². The second-order valence-electron chi connectivity index (χ2n) is 31.3. The van der Waals surface area contributed by atoms with Crippen LogP contribution in [-0.4, -0.2) is 73.7 Å². The third kappa shape index (κ3) is 24.0. The molecule has 0 saturated carbocycles. The van der Waals surface area contributed by atoms with Crippen LogP contribution in [0.4, 0.5) is 22.7 Å². The Morgan fingerprint density at radius 1 is 0.256 bits per heavy atom. The number of hydrogen-bond acceptors (Lipinski definition) is 13. The number of nitrogens with one attached hydrogen (secondary N) is 3. The van der Waals surface area contributed by atoms with Gasteiger partial charge in [0, 0.05) is 11.3 Å². The van der Waals surface area contributed by atoms with Gasteiger partial charge in [-0.2, -0.15) is 0 Å². The minimum atomic E-state index is -1.15. The largest absolute Gasteiger partial charge is 0.507 e. The number of esters is 3. The summed E-state index contributed by atoms with van der Waals surface area (Å²) in [5.74, 6) is -4.32. The van der Waals surface area contributed by atoms with Gasteiger partial charge < -0.3 is 51.2 Å². The molecule has 0 unspecified atom stereocenters. The van der Waals surface area contributed by atoms with Gasteiger partial charge in [0.25, 0.3) is 17.7 Å². The van der Waals surface area contributed by atoms with Gasteiger partial charge in [-0.1, -0.05) is 261 Å². The van der Waals surface area contributed by atoms with Crippen molar-refractivity contribution in [3.8, 4) is 89.4 Å². The highest BCUT2D eigenvalue weighted by Gasteiger charge is 2.27. The summed E-state index contributed by atoms with van der Waals surface area (Å²) < 4.78 is 16.5. The molecule has 17 nitrogen and oxygen atoms in total. The van der Waals surface area contributed by atoms with E-state index >= 15 is 0 Å². The Bertz CT molecular complexity index is 5810. The number of nitrogens with two attached hydrogens (primary N) is 1. The Morgan fingerprint density at radius 2 is 0.471 bits per heavy atom. The smallest absolute Gasteiger partial charge is 0.340 e. The molecule has 8 N–H and O–H groups in total. The molecule has 3 amide bonds. The number of ether oxygens (including phenoxy) is 3. The molecule has 0 fully saturated rings. The number of rotatable bonds is 17. The SMILES string of the molecule is CC(C)(C)OC(=O)c1ccc(-c2ccccc2)cc1N.CC(C)(C)OC(=O)c1ccc(-c2ccccc2)cc1NC(=O)c1ccc(-c2ccccc2)cc1O.Cc1cc(-c2ccccc2)ccc1C(=O)Nc1cc(-c2ccccc2)ccc1C(=O)OC(C)(C)C.O=C(Nc1cc(-c2ccccc2)ccc1C(=O)O)c1ccc(-c2ccccc2)cc1O. The van der Waals surface area contributed by atoms with Gasteiger partial charge in [-0.15, -0.1) is 0 Å². The van der Waals surface area contributed by atoms with Crippen LogP contribution in [0.25, 0.3) is 77.9 Å². The predicted molar refractivity (Wildman–Crippen MR) is 482 cm³/mol. The molecule has 0 bridgehead atoms. The van der Waals surface area contributed by atoms with E-state index in [0.29, 0.717) is 33.8 Å². The van der Waals surface area contributed by atoms with Crippen molar-refractivity contribution in [3.05, 3.63) is 384 Å². The number of nitrogen functional groups attached to an aromatic ring is 1. The maximum atomic E-state index is 13.3. The molecule has 0 saturated heterocycles. The molecule has 0 aliphatic carbocycles. The Kier molecular flexibility index (Phi) is 28.0. The molecule has 0 atom stereocenters. The van der Waals surface area contributed by atoms with Gasteiger partial charge in [0.05, 0.1) is 50.4 Å². The number of aromatic hydroxyl groups is 2. The highest BCUT2D eigenvalue weighted by atomic mass is 16.6. The number of carbonyl (C=O) groups is 7. The highest BCUT2D eigenvalue weighted by Crippen LogP contribution is 2.36. The predicted octanol–water partition coefficient (Wildman–Crippen LogP) is 24.0. The lowest BCUT2D eigenvalue weighted by molar-refractivity contribution is 0.00580. The summed E-state index contributed by atoms with van der Waals surface area (Å²) in [6.07, 6.45) is 0. The van der Waals surface area contributed by atoms with E-state index in [1.165, 1.54) is 18.2 Å². The Labute approximate surface area is 704 Å². The van der Waals surface area contributed by atoms with Crippen LogP contribution in [0.1, 0.15) is 140 Å². The topological polar surface area (TPSA) is 270 Å². The normalized spacial score (nSPS) is 10.9. The zero-order valence-electron chi connectivity index (χ0n) is 68.8. The minimum absolute atomic E-state index is 0.0339. The summed E-state index contributed by atoms with van der Waals surface area (Å²) in [4.78, 5) is 88.9. The van der Waals surface area contributed by atoms with E-state index in [1.54, 1.807) is 87.5 Å². The van der Waals surface area contributed by atoms with E-state index in [1.807, 2.05) is 303 Å². The van der Waals surface area contributed by atoms with Gasteiger partial charge in [-0.05, 0) is 232 Å². The van der Waals surface area contributed by atoms with E-state index in [0.717, 1.165) is 83.5 Å². The number of hydrogen-bond donors (Lipinski definition) is 7. The summed E-state index contributed by atoms with van der Waals surface area (Å²) in [6, 6.07) is 104. The number of phenolic OH excluding ortho intramolecular Hbond substituents is 2. The van der Waals surface area contributed by atoms with Gasteiger partial charge in [-0.3, -0.25) is 14.4 Å². The van der Waals surface area contributed by atoms with Crippen LogP contribution in [0.2, 0.25) is 0 Å². The molecule has 0 heterocycles. The maximum absolute atomic E-state index is 13.3. The number of carboxylic acid groups (broad SMARTS) is 1. The van der Waals surface area contributed by atoms with Gasteiger partial charge in [0.15, 0.2) is 0 Å². The first-order chi connectivity index (χ1) is 57.8. The number of aryl methyl sites for hydroxylation is 1. The number of carboxylic acids is 1. The fourth-order valence-electron chi connectivity index (χ4n) is 12.8. The molecule has 0 radical (unpaired) electrons. The second-order valence-corrected chi connectivity index (χ2v) is 31.3. The van der Waals surface area contributed by atoms with Crippen molar-refractivity contribution >= 4 is 64.3 Å². The third-order valence-corrected chi connectivity index (χ3v) is 18.6. The lowest BCUT2D eigenvalue weighted by atomic mass is 9.99. The van der Waals surface area contributed by atoms with Crippen LogP contribution in [-0.2, 0) is 14.2 Å². The van der Waals surface area contributed by atoms with Crippen molar-refractivity contribution in [1.82, 2.24) is 0 Å². The average molecular weight is 1610 g/mol. The molecule has 608 valence electrons. The summed E-state index contributed by atoms with van der Waals surface area (Å²) in [7, 11) is 0. The van der Waals surface area contributed by atoms with Gasteiger partial charge in [-0.25, -0.2) is 19.2 Å². The Balaban J connectivity index is 0.000000160. The van der Waals surface area contributed by atoms with E-state index in [-0.39, 0.29) is 45.3 Å². The standard InChI is InChI=1S/C31H29NO3.C30H27NO4.C26H19NO4.C17H19NO2/c1-21-19-24(22-11-7-5-8-12-22)15-17-26(21)29(33)32-28-20-25(23-13-9-6-10-14-23)16-18-27(28)30(34)35-31(2,3)4;1-30(2,3)35-29(34)24-16-14-22(20-10-6-4-7-11-20)18-26(24)31-28(33)25-17-15-23(19-27(25)32)21-12-8-5-9-13-21;28-24-16-20(18-9-5-2-6-10-18)12-14-22(24)25(29)27-23-15-19(11-13-21(23)26(30)31)17-7-3-1-4-8-17;1-17(2,3)20-16(19)14-10-9-13(11-15(14)18)12-7-5-4-6-8-12/h5-20H,1-4H3,(H,32,33);4-19,32H,1-3H3,(H,31,33);1-16,28H,(H,27,29)(H,30,31);4-11H,18H2,1-3H3. The number of anilines is 4. The molecule has 0 aromatic heterocycles. The lowest BCUT2D eigenvalue weighted by Crippen LogP contribution is -2.25. The highest BCUT2D eigenvalue weighted by molar-refractivity contribution is 6.12. The van der Waals surface area contributed by atoms with E-state index in [2.05, 4.69) is 16.0 Å². The number of aromatic carboxylic acids is 1. The second kappa shape index (κ2) is 39.1. The first-order valence-corrected chi connectivity index (χ1v) is 39.2. The number of amides is 3. The maximum Gasteiger partial charge on any atom is 0.340 e. The van der Waals surface area contributed by atoms with E-state index in [9.17, 15) is 48.9 Å². The molecule has 14 aromatic rings. The third-order valence-electron chi connectivity index (χ3n) is 18.6. The van der Waals surface area contributed by atoms with Crippen LogP contribution in [0, 0.1) is 6.92 Å². The fraction of sp³-hybridized carbons (Fsp3) is 0.125. The number of carbonyl (C=O) groups excluding carboxylic acids is 6. The van der Waals surface area contributed by atoms with Crippen molar-refractivity contribution < 1.29 is 63.1 Å². The minimum Gasteiger partial charge on any atom is -0.507 e. The molecular weight excluding hydrogens is 1510 g/mol. The lowest BCUT2D eigenvalue weighted by Gasteiger charge is -2.21. The van der Waals surface area contributed by atoms with Gasteiger partial charge in [0.1, 0.15) is 28.3 Å². The molecule has 0 aliphatic rings.